The summed E-state index contributed by atoms with van der Waals surface area (Å²) in [4.78, 5) is 12.4. The summed E-state index contributed by atoms with van der Waals surface area (Å²) in [6.45, 7) is 6.34. The van der Waals surface area contributed by atoms with Crippen LogP contribution in [0.1, 0.15) is 20.8 Å². The first-order valence-electron chi connectivity index (χ1n) is 4.40. The van der Waals surface area contributed by atoms with Gasteiger partial charge in [0.2, 0.25) is 0 Å². The Balaban J connectivity index is 4.04. The summed E-state index contributed by atoms with van der Waals surface area (Å²) < 4.78 is 0. The number of carboxylic acids is 1. The maximum Gasteiger partial charge on any atom is 0.336 e. The average Bonchev–Trinajstić information content (AvgIpc) is 1.82. The van der Waals surface area contributed by atoms with E-state index in [1.807, 2.05) is 18.7 Å². The quantitative estimate of drug-likeness (QED) is 0.657. The highest BCUT2D eigenvalue weighted by molar-refractivity contribution is 5.76. The third-order valence-corrected chi connectivity index (χ3v) is 1.72. The monoisotopic (exact) mass is 189 g/mol. The van der Waals surface area contributed by atoms with E-state index in [1.165, 1.54) is 6.92 Å². The fourth-order valence-electron chi connectivity index (χ4n) is 1.28. The summed E-state index contributed by atoms with van der Waals surface area (Å²) in [6.07, 6.45) is 0. The molecule has 0 bridgehead atoms. The van der Waals surface area contributed by atoms with Gasteiger partial charge in [0.05, 0.1) is 0 Å². The van der Waals surface area contributed by atoms with Gasteiger partial charge < -0.3 is 15.1 Å². The lowest BCUT2D eigenvalue weighted by molar-refractivity contribution is -0.158. The molecule has 0 heterocycles. The van der Waals surface area contributed by atoms with E-state index >= 15 is 0 Å². The molecule has 0 aliphatic heterocycles. The predicted molar refractivity (Wildman–Crippen MR) is 50.6 cm³/mol. The maximum absolute atomic E-state index is 10.6. The summed E-state index contributed by atoms with van der Waals surface area (Å²) >= 11 is 0. The first kappa shape index (κ1) is 12.4. The lowest BCUT2D eigenvalue weighted by Gasteiger charge is -2.26. The minimum atomic E-state index is -1.65. The molecule has 0 aliphatic carbocycles. The van der Waals surface area contributed by atoms with Crippen molar-refractivity contribution in [3.8, 4) is 0 Å². The van der Waals surface area contributed by atoms with Crippen LogP contribution in [0.3, 0.4) is 0 Å². The summed E-state index contributed by atoms with van der Waals surface area (Å²) in [5, 5.41) is 18.1. The van der Waals surface area contributed by atoms with Crippen molar-refractivity contribution in [3.63, 3.8) is 0 Å². The van der Waals surface area contributed by atoms with E-state index in [4.69, 9.17) is 5.11 Å². The number of nitrogens with zero attached hydrogens (tertiary/aromatic N) is 1. The molecule has 1 unspecified atom stereocenters. The predicted octanol–water partition coefficient (Wildman–Crippen LogP) is 0.410. The van der Waals surface area contributed by atoms with Gasteiger partial charge in [-0.25, -0.2) is 4.79 Å². The molecule has 0 fully saturated rings. The Hall–Kier alpha value is -0.610. The second kappa shape index (κ2) is 4.58. The van der Waals surface area contributed by atoms with Crippen LogP contribution in [-0.2, 0) is 4.79 Å². The standard InChI is InChI=1S/C9H19NO3/c1-7(2)5-10(4)6-9(3,13)8(11)12/h7,13H,5-6H2,1-4H3,(H,11,12). The van der Waals surface area contributed by atoms with Gasteiger partial charge in [-0.1, -0.05) is 13.8 Å². The van der Waals surface area contributed by atoms with Crippen molar-refractivity contribution in [2.45, 2.75) is 26.4 Å². The van der Waals surface area contributed by atoms with E-state index in [2.05, 4.69) is 0 Å². The van der Waals surface area contributed by atoms with Crippen LogP contribution in [0.25, 0.3) is 0 Å². The van der Waals surface area contributed by atoms with E-state index in [-0.39, 0.29) is 6.54 Å². The van der Waals surface area contributed by atoms with Crippen molar-refractivity contribution in [2.24, 2.45) is 5.92 Å². The van der Waals surface area contributed by atoms with E-state index < -0.39 is 11.6 Å². The minimum absolute atomic E-state index is 0.153. The van der Waals surface area contributed by atoms with Gasteiger partial charge in [-0.2, -0.15) is 0 Å². The summed E-state index contributed by atoms with van der Waals surface area (Å²) in [7, 11) is 1.80. The van der Waals surface area contributed by atoms with Crippen LogP contribution in [0, 0.1) is 5.92 Å². The van der Waals surface area contributed by atoms with Crippen molar-refractivity contribution in [1.82, 2.24) is 4.90 Å². The summed E-state index contributed by atoms with van der Waals surface area (Å²) in [5.41, 5.74) is -1.65. The molecular weight excluding hydrogens is 170 g/mol. The van der Waals surface area contributed by atoms with Crippen LogP contribution in [0.2, 0.25) is 0 Å². The number of carbonyl (C=O) groups is 1. The first-order valence-corrected chi connectivity index (χ1v) is 4.40. The number of hydrogen-bond donors (Lipinski definition) is 2. The molecule has 0 spiro atoms. The first-order chi connectivity index (χ1) is 5.75. The summed E-state index contributed by atoms with van der Waals surface area (Å²) in [5.74, 6) is -0.710. The second-order valence-electron chi connectivity index (χ2n) is 4.17. The SMILES string of the molecule is CC(C)CN(C)CC(C)(O)C(=O)O. The number of hydrogen-bond acceptors (Lipinski definition) is 3. The number of carboxylic acid groups (broad SMARTS) is 1. The molecule has 13 heavy (non-hydrogen) atoms. The topological polar surface area (TPSA) is 60.8 Å². The fraction of sp³-hybridized carbons (Fsp3) is 0.889. The zero-order chi connectivity index (χ0) is 10.6. The van der Waals surface area contributed by atoms with Gasteiger partial charge in [0, 0.05) is 13.1 Å². The van der Waals surface area contributed by atoms with Gasteiger partial charge in [0.15, 0.2) is 5.60 Å². The number of aliphatic carboxylic acids is 1. The molecule has 0 saturated heterocycles. The molecule has 0 amide bonds. The van der Waals surface area contributed by atoms with Crippen LogP contribution in [0.15, 0.2) is 0 Å². The molecule has 4 nitrogen and oxygen atoms in total. The zero-order valence-corrected chi connectivity index (χ0v) is 8.74. The van der Waals surface area contributed by atoms with Gasteiger partial charge >= 0.3 is 5.97 Å². The summed E-state index contributed by atoms with van der Waals surface area (Å²) in [6, 6.07) is 0. The van der Waals surface area contributed by atoms with E-state index in [9.17, 15) is 9.90 Å². The van der Waals surface area contributed by atoms with Crippen molar-refractivity contribution in [2.75, 3.05) is 20.1 Å². The van der Waals surface area contributed by atoms with Crippen molar-refractivity contribution in [3.05, 3.63) is 0 Å². The Bertz CT molecular complexity index is 178. The van der Waals surface area contributed by atoms with E-state index in [1.54, 1.807) is 7.05 Å². The Labute approximate surface area is 79.2 Å². The highest BCUT2D eigenvalue weighted by Crippen LogP contribution is 2.06. The van der Waals surface area contributed by atoms with E-state index in [0.717, 1.165) is 6.54 Å². The van der Waals surface area contributed by atoms with Gasteiger partial charge in [0.1, 0.15) is 0 Å². The average molecular weight is 189 g/mol. The van der Waals surface area contributed by atoms with Crippen LogP contribution < -0.4 is 0 Å². The zero-order valence-electron chi connectivity index (χ0n) is 8.74. The molecule has 2 N–H and O–H groups in total. The molecule has 78 valence electrons. The van der Waals surface area contributed by atoms with Gasteiger partial charge in [0.25, 0.3) is 0 Å². The Kier molecular flexibility index (Phi) is 4.36. The third-order valence-electron chi connectivity index (χ3n) is 1.72. The number of aliphatic hydroxyl groups is 1. The Morgan fingerprint density at radius 1 is 1.54 bits per heavy atom. The van der Waals surface area contributed by atoms with Crippen LogP contribution in [0.5, 0.6) is 0 Å². The second-order valence-corrected chi connectivity index (χ2v) is 4.17. The van der Waals surface area contributed by atoms with E-state index in [0.29, 0.717) is 5.92 Å². The molecule has 0 aromatic rings. The van der Waals surface area contributed by atoms with Gasteiger partial charge in [-0.15, -0.1) is 0 Å². The number of likely N-dealkylation sites (N-methyl/N-ethyl adjacent to an activating group) is 1. The molecular formula is C9H19NO3. The molecule has 0 aliphatic rings. The van der Waals surface area contributed by atoms with Crippen molar-refractivity contribution < 1.29 is 15.0 Å². The highest BCUT2D eigenvalue weighted by Gasteiger charge is 2.31. The largest absolute Gasteiger partial charge is 0.479 e. The van der Waals surface area contributed by atoms with Crippen LogP contribution in [-0.4, -0.2) is 46.8 Å². The molecule has 0 rings (SSSR count). The molecule has 0 radical (unpaired) electrons. The smallest absolute Gasteiger partial charge is 0.336 e. The normalized spacial score (nSPS) is 16.2. The Morgan fingerprint density at radius 2 is 2.00 bits per heavy atom. The third kappa shape index (κ3) is 4.85. The molecule has 0 aromatic carbocycles. The molecule has 1 atom stereocenters. The molecule has 4 heteroatoms. The minimum Gasteiger partial charge on any atom is -0.479 e. The molecule has 0 aromatic heterocycles. The fourth-order valence-corrected chi connectivity index (χ4v) is 1.28. The van der Waals surface area contributed by atoms with Gasteiger partial charge in [-0.3, -0.25) is 0 Å². The lowest BCUT2D eigenvalue weighted by atomic mass is 10.1. The number of rotatable bonds is 5. The van der Waals surface area contributed by atoms with Crippen LogP contribution in [0.4, 0.5) is 0 Å². The lowest BCUT2D eigenvalue weighted by Crippen LogP contribution is -2.46. The Morgan fingerprint density at radius 3 is 2.31 bits per heavy atom. The van der Waals surface area contributed by atoms with Gasteiger partial charge in [-0.05, 0) is 19.9 Å². The molecule has 0 saturated carbocycles. The van der Waals surface area contributed by atoms with Crippen molar-refractivity contribution >= 4 is 5.97 Å². The van der Waals surface area contributed by atoms with Crippen LogP contribution >= 0.6 is 0 Å². The maximum atomic E-state index is 10.6. The van der Waals surface area contributed by atoms with Crippen molar-refractivity contribution in [1.29, 1.82) is 0 Å². The highest BCUT2D eigenvalue weighted by atomic mass is 16.4.